The van der Waals surface area contributed by atoms with Crippen LogP contribution < -0.4 is 10.6 Å². The predicted molar refractivity (Wildman–Crippen MR) is 97.8 cm³/mol. The fraction of sp³-hybridized carbons (Fsp3) is 0.100. The molecule has 0 aliphatic rings. The second-order valence-electron chi connectivity index (χ2n) is 5.75. The van der Waals surface area contributed by atoms with E-state index in [1.54, 1.807) is 12.3 Å². The van der Waals surface area contributed by atoms with E-state index in [1.807, 2.05) is 36.4 Å². The minimum absolute atomic E-state index is 0.223. The van der Waals surface area contributed by atoms with Gasteiger partial charge in [0.25, 0.3) is 5.91 Å². The average Bonchev–Trinajstić information content (AvgIpc) is 2.55. The SMILES string of the molecule is Cc1cc(C)cc(Nc2ccc(C(=O)Nc3ccccc3)nc2)c1. The Bertz CT molecular complexity index is 822. The normalized spacial score (nSPS) is 10.2. The van der Waals surface area contributed by atoms with Crippen LogP contribution in [0.25, 0.3) is 0 Å². The molecule has 0 aliphatic carbocycles. The number of carbonyl (C=O) groups excluding carboxylic acids is 1. The molecule has 0 fully saturated rings. The summed E-state index contributed by atoms with van der Waals surface area (Å²) in [7, 11) is 0. The number of carbonyl (C=O) groups is 1. The predicted octanol–water partition coefficient (Wildman–Crippen LogP) is 4.69. The molecule has 0 unspecified atom stereocenters. The molecule has 24 heavy (non-hydrogen) atoms. The van der Waals surface area contributed by atoms with Crippen molar-refractivity contribution in [3.8, 4) is 0 Å². The quantitative estimate of drug-likeness (QED) is 0.733. The molecule has 1 heterocycles. The highest BCUT2D eigenvalue weighted by molar-refractivity contribution is 6.02. The van der Waals surface area contributed by atoms with Crippen molar-refractivity contribution < 1.29 is 4.79 Å². The zero-order valence-electron chi connectivity index (χ0n) is 13.7. The van der Waals surface area contributed by atoms with Gasteiger partial charge in [0, 0.05) is 11.4 Å². The second-order valence-corrected chi connectivity index (χ2v) is 5.75. The van der Waals surface area contributed by atoms with Gasteiger partial charge in [0.05, 0.1) is 11.9 Å². The molecule has 4 nitrogen and oxygen atoms in total. The Kier molecular flexibility index (Phi) is 4.57. The first-order valence-corrected chi connectivity index (χ1v) is 7.78. The molecular formula is C20H19N3O. The molecule has 0 aliphatic heterocycles. The molecule has 1 amide bonds. The van der Waals surface area contributed by atoms with Crippen LogP contribution >= 0.6 is 0 Å². The zero-order valence-corrected chi connectivity index (χ0v) is 13.7. The standard InChI is InChI=1S/C20H19N3O/c1-14-10-15(2)12-18(11-14)22-17-8-9-19(21-13-17)20(24)23-16-6-4-3-5-7-16/h3-13,22H,1-2H3,(H,23,24). The fourth-order valence-corrected chi connectivity index (χ4v) is 2.53. The van der Waals surface area contributed by atoms with Crippen molar-refractivity contribution in [2.75, 3.05) is 10.6 Å². The molecule has 3 aromatic rings. The summed E-state index contributed by atoms with van der Waals surface area (Å²) < 4.78 is 0. The molecule has 0 radical (unpaired) electrons. The smallest absolute Gasteiger partial charge is 0.274 e. The number of rotatable bonds is 4. The van der Waals surface area contributed by atoms with Gasteiger partial charge in [0.2, 0.25) is 0 Å². The molecule has 0 bridgehead atoms. The van der Waals surface area contributed by atoms with Crippen molar-refractivity contribution in [3.05, 3.63) is 83.7 Å². The number of aromatic nitrogens is 1. The Hall–Kier alpha value is -3.14. The van der Waals surface area contributed by atoms with Gasteiger partial charge in [-0.25, -0.2) is 4.98 Å². The van der Waals surface area contributed by atoms with Gasteiger partial charge in [-0.05, 0) is 61.4 Å². The Labute approximate surface area is 141 Å². The van der Waals surface area contributed by atoms with Crippen molar-refractivity contribution in [3.63, 3.8) is 0 Å². The van der Waals surface area contributed by atoms with Crippen LogP contribution in [-0.2, 0) is 0 Å². The van der Waals surface area contributed by atoms with Crippen molar-refractivity contribution in [2.24, 2.45) is 0 Å². The monoisotopic (exact) mass is 317 g/mol. The lowest BCUT2D eigenvalue weighted by molar-refractivity contribution is 0.102. The molecule has 1 aromatic heterocycles. The maximum absolute atomic E-state index is 12.2. The molecule has 0 atom stereocenters. The van der Waals surface area contributed by atoms with E-state index in [0.717, 1.165) is 17.1 Å². The van der Waals surface area contributed by atoms with E-state index in [4.69, 9.17) is 0 Å². The van der Waals surface area contributed by atoms with Crippen LogP contribution in [0, 0.1) is 13.8 Å². The highest BCUT2D eigenvalue weighted by atomic mass is 16.1. The van der Waals surface area contributed by atoms with Crippen molar-refractivity contribution in [1.82, 2.24) is 4.98 Å². The summed E-state index contributed by atoms with van der Waals surface area (Å²) in [5.74, 6) is -0.223. The zero-order chi connectivity index (χ0) is 16.9. The first kappa shape index (κ1) is 15.7. The molecule has 3 rings (SSSR count). The lowest BCUT2D eigenvalue weighted by Crippen LogP contribution is -2.13. The van der Waals surface area contributed by atoms with Gasteiger partial charge in [-0.3, -0.25) is 4.79 Å². The summed E-state index contributed by atoms with van der Waals surface area (Å²) in [5.41, 5.74) is 5.38. The maximum Gasteiger partial charge on any atom is 0.274 e. The molecule has 0 saturated heterocycles. The number of nitrogens with zero attached hydrogens (tertiary/aromatic N) is 1. The number of amides is 1. The Morgan fingerprint density at radius 2 is 1.54 bits per heavy atom. The van der Waals surface area contributed by atoms with E-state index in [0.29, 0.717) is 5.69 Å². The summed E-state index contributed by atoms with van der Waals surface area (Å²) in [6, 6.07) is 19.2. The topological polar surface area (TPSA) is 54.0 Å². The molecule has 120 valence electrons. The Morgan fingerprint density at radius 1 is 0.833 bits per heavy atom. The lowest BCUT2D eigenvalue weighted by Gasteiger charge is -2.09. The van der Waals surface area contributed by atoms with Gasteiger partial charge in [0.15, 0.2) is 0 Å². The molecule has 0 spiro atoms. The minimum Gasteiger partial charge on any atom is -0.354 e. The number of benzene rings is 2. The van der Waals surface area contributed by atoms with Crippen LogP contribution in [-0.4, -0.2) is 10.9 Å². The lowest BCUT2D eigenvalue weighted by atomic mass is 10.1. The van der Waals surface area contributed by atoms with Crippen LogP contribution in [0.2, 0.25) is 0 Å². The van der Waals surface area contributed by atoms with Crippen molar-refractivity contribution in [2.45, 2.75) is 13.8 Å². The van der Waals surface area contributed by atoms with E-state index in [2.05, 4.69) is 47.7 Å². The number of nitrogens with one attached hydrogen (secondary N) is 2. The van der Waals surface area contributed by atoms with E-state index in [9.17, 15) is 4.79 Å². The molecule has 2 N–H and O–H groups in total. The van der Waals surface area contributed by atoms with E-state index < -0.39 is 0 Å². The number of para-hydroxylation sites is 1. The van der Waals surface area contributed by atoms with Gasteiger partial charge < -0.3 is 10.6 Å². The molecular weight excluding hydrogens is 298 g/mol. The summed E-state index contributed by atoms with van der Waals surface area (Å²) >= 11 is 0. The highest BCUT2D eigenvalue weighted by Gasteiger charge is 2.07. The van der Waals surface area contributed by atoms with Crippen molar-refractivity contribution >= 4 is 23.0 Å². The number of anilines is 3. The first-order valence-electron chi connectivity index (χ1n) is 7.78. The number of pyridine rings is 1. The van der Waals surface area contributed by atoms with Gasteiger partial charge in [-0.15, -0.1) is 0 Å². The third-order valence-electron chi connectivity index (χ3n) is 3.54. The van der Waals surface area contributed by atoms with E-state index >= 15 is 0 Å². The minimum atomic E-state index is -0.223. The van der Waals surface area contributed by atoms with Crippen LogP contribution in [0.1, 0.15) is 21.6 Å². The second kappa shape index (κ2) is 6.96. The largest absolute Gasteiger partial charge is 0.354 e. The first-order chi connectivity index (χ1) is 11.6. The van der Waals surface area contributed by atoms with Crippen LogP contribution in [0.4, 0.5) is 17.1 Å². The van der Waals surface area contributed by atoms with Gasteiger partial charge in [-0.1, -0.05) is 24.3 Å². The third kappa shape index (κ3) is 3.98. The van der Waals surface area contributed by atoms with E-state index in [1.165, 1.54) is 11.1 Å². The summed E-state index contributed by atoms with van der Waals surface area (Å²) in [5, 5.41) is 6.13. The van der Waals surface area contributed by atoms with Crippen LogP contribution in [0.3, 0.4) is 0 Å². The maximum atomic E-state index is 12.2. The molecule has 2 aromatic carbocycles. The van der Waals surface area contributed by atoms with Crippen molar-refractivity contribution in [1.29, 1.82) is 0 Å². The number of aryl methyl sites for hydroxylation is 2. The number of hydrogen-bond donors (Lipinski definition) is 2. The summed E-state index contributed by atoms with van der Waals surface area (Å²) in [4.78, 5) is 16.4. The Balaban J connectivity index is 1.70. The van der Waals surface area contributed by atoms with Gasteiger partial charge in [0.1, 0.15) is 5.69 Å². The third-order valence-corrected chi connectivity index (χ3v) is 3.54. The fourth-order valence-electron chi connectivity index (χ4n) is 2.53. The van der Waals surface area contributed by atoms with Crippen LogP contribution in [0.15, 0.2) is 66.9 Å². The highest BCUT2D eigenvalue weighted by Crippen LogP contribution is 2.19. The molecule has 4 heteroatoms. The average molecular weight is 317 g/mol. The van der Waals surface area contributed by atoms with Crippen LogP contribution in [0.5, 0.6) is 0 Å². The number of hydrogen-bond acceptors (Lipinski definition) is 3. The van der Waals surface area contributed by atoms with Gasteiger partial charge in [-0.2, -0.15) is 0 Å². The summed E-state index contributed by atoms with van der Waals surface area (Å²) in [6.45, 7) is 4.13. The Morgan fingerprint density at radius 3 is 2.17 bits per heavy atom. The molecule has 0 saturated carbocycles. The summed E-state index contributed by atoms with van der Waals surface area (Å²) in [6.07, 6.45) is 1.66. The van der Waals surface area contributed by atoms with Gasteiger partial charge >= 0.3 is 0 Å². The van der Waals surface area contributed by atoms with E-state index in [-0.39, 0.29) is 5.91 Å².